The molecular formula is C25H37N2O4+. The van der Waals surface area contributed by atoms with E-state index in [0.717, 1.165) is 42.5 Å². The number of benzene rings is 1. The number of quaternary nitrogens is 1. The maximum atomic E-state index is 11.8. The van der Waals surface area contributed by atoms with Crippen LogP contribution in [0, 0.1) is 0 Å². The van der Waals surface area contributed by atoms with E-state index in [2.05, 4.69) is 25.5 Å². The van der Waals surface area contributed by atoms with Crippen LogP contribution in [0.3, 0.4) is 0 Å². The summed E-state index contributed by atoms with van der Waals surface area (Å²) in [6.45, 7) is 8.76. The number of hydrogen-bond donors (Lipinski definition) is 1. The molecule has 0 bridgehead atoms. The van der Waals surface area contributed by atoms with Crippen LogP contribution in [0.4, 0.5) is 0 Å². The van der Waals surface area contributed by atoms with E-state index in [1.807, 2.05) is 32.9 Å². The molecule has 1 aromatic carbocycles. The molecule has 2 aromatic rings. The summed E-state index contributed by atoms with van der Waals surface area (Å²) in [7, 11) is 4.17. The molecule has 1 amide bonds. The lowest BCUT2D eigenvalue weighted by atomic mass is 10.1. The molecule has 6 nitrogen and oxygen atoms in total. The first-order valence-electron chi connectivity index (χ1n) is 11.1. The van der Waals surface area contributed by atoms with Gasteiger partial charge in [-0.05, 0) is 64.7 Å². The van der Waals surface area contributed by atoms with Crippen LogP contribution in [0.15, 0.2) is 45.1 Å². The van der Waals surface area contributed by atoms with Gasteiger partial charge in [-0.3, -0.25) is 4.79 Å². The van der Waals surface area contributed by atoms with Crippen LogP contribution in [-0.2, 0) is 11.2 Å². The third-order valence-electron chi connectivity index (χ3n) is 5.17. The average molecular weight is 430 g/mol. The third kappa shape index (κ3) is 8.21. The highest BCUT2D eigenvalue weighted by Gasteiger charge is 2.19. The van der Waals surface area contributed by atoms with Crippen molar-refractivity contribution in [2.24, 2.45) is 0 Å². The molecule has 1 aromatic heterocycles. The molecule has 31 heavy (non-hydrogen) atoms. The fourth-order valence-electron chi connectivity index (χ4n) is 3.53. The summed E-state index contributed by atoms with van der Waals surface area (Å²) in [6.07, 6.45) is 5.77. The molecule has 1 N–H and O–H groups in total. The molecule has 0 saturated heterocycles. The Balaban J connectivity index is 1.92. The first-order chi connectivity index (χ1) is 14.7. The van der Waals surface area contributed by atoms with E-state index in [4.69, 9.17) is 9.15 Å². The Morgan fingerprint density at radius 3 is 2.58 bits per heavy atom. The number of rotatable bonds is 12. The van der Waals surface area contributed by atoms with E-state index in [0.29, 0.717) is 36.2 Å². The van der Waals surface area contributed by atoms with Gasteiger partial charge in [-0.1, -0.05) is 11.6 Å². The van der Waals surface area contributed by atoms with Gasteiger partial charge in [0.25, 0.3) is 5.91 Å². The van der Waals surface area contributed by atoms with Gasteiger partial charge < -0.3 is 19.0 Å². The number of hydrogen-bond acceptors (Lipinski definition) is 4. The molecule has 0 atom stereocenters. The highest BCUT2D eigenvalue weighted by molar-refractivity contribution is 5.82. The number of ether oxygens (including phenoxy) is 1. The van der Waals surface area contributed by atoms with Crippen LogP contribution in [0.25, 0.3) is 11.0 Å². The van der Waals surface area contributed by atoms with Gasteiger partial charge in [0.1, 0.15) is 11.3 Å². The normalized spacial score (nSPS) is 11.4. The first kappa shape index (κ1) is 24.7. The Labute approximate surface area is 185 Å². The molecule has 0 aliphatic carbocycles. The van der Waals surface area contributed by atoms with Gasteiger partial charge in [0.15, 0.2) is 6.54 Å². The molecule has 0 spiro atoms. The highest BCUT2D eigenvalue weighted by atomic mass is 16.5. The van der Waals surface area contributed by atoms with Gasteiger partial charge in [0.05, 0.1) is 27.2 Å². The molecule has 170 valence electrons. The van der Waals surface area contributed by atoms with Crippen molar-refractivity contribution in [3.63, 3.8) is 0 Å². The number of amides is 1. The summed E-state index contributed by atoms with van der Waals surface area (Å²) in [5, 5.41) is 3.76. The third-order valence-corrected chi connectivity index (χ3v) is 5.17. The largest absolute Gasteiger partial charge is 0.493 e. The zero-order valence-corrected chi connectivity index (χ0v) is 19.6. The SMILES string of the molecule is CCNC(=O)C[N+](C)(C)CCCCCOc1ccc2ccc(=O)oc2c1CC=C(C)C. The summed E-state index contributed by atoms with van der Waals surface area (Å²) in [6, 6.07) is 7.13. The van der Waals surface area contributed by atoms with Crippen molar-refractivity contribution in [1.82, 2.24) is 5.32 Å². The van der Waals surface area contributed by atoms with Crippen LogP contribution >= 0.6 is 0 Å². The monoisotopic (exact) mass is 429 g/mol. The second kappa shape index (κ2) is 11.7. The number of fused-ring (bicyclic) bond motifs is 1. The number of likely N-dealkylation sites (N-methyl/N-ethyl adjacent to an activating group) is 2. The van der Waals surface area contributed by atoms with Crippen LogP contribution in [0.5, 0.6) is 5.75 Å². The van der Waals surface area contributed by atoms with Gasteiger partial charge in [0, 0.05) is 23.6 Å². The number of nitrogens with one attached hydrogen (secondary N) is 1. The van der Waals surface area contributed by atoms with Crippen molar-refractivity contribution in [3.05, 3.63) is 51.9 Å². The standard InChI is InChI=1S/C25H36N2O4/c1-6-26-23(28)18-27(4,5)16-8-7-9-17-30-22-14-11-20-12-15-24(29)31-25(20)21(22)13-10-19(2)3/h10-12,14-15H,6-9,13,16-18H2,1-5H3/p+1. The average Bonchev–Trinajstić information content (AvgIpc) is 2.68. The summed E-state index contributed by atoms with van der Waals surface area (Å²) < 4.78 is 12.3. The van der Waals surface area contributed by atoms with Crippen molar-refractivity contribution >= 4 is 16.9 Å². The van der Waals surface area contributed by atoms with E-state index in [1.54, 1.807) is 6.07 Å². The molecule has 0 fully saturated rings. The Kier molecular flexibility index (Phi) is 9.31. The zero-order chi connectivity index (χ0) is 22.9. The Hall–Kier alpha value is -2.60. The maximum Gasteiger partial charge on any atom is 0.336 e. The lowest BCUT2D eigenvalue weighted by Crippen LogP contribution is -2.47. The fourth-order valence-corrected chi connectivity index (χ4v) is 3.53. The van der Waals surface area contributed by atoms with Crippen molar-refractivity contribution in [2.75, 3.05) is 40.3 Å². The molecule has 1 heterocycles. The minimum atomic E-state index is -0.351. The maximum absolute atomic E-state index is 11.8. The van der Waals surface area contributed by atoms with Gasteiger partial charge >= 0.3 is 5.63 Å². The summed E-state index contributed by atoms with van der Waals surface area (Å²) >= 11 is 0. The molecule has 0 saturated carbocycles. The Morgan fingerprint density at radius 1 is 1.13 bits per heavy atom. The lowest BCUT2D eigenvalue weighted by molar-refractivity contribution is -0.882. The van der Waals surface area contributed by atoms with E-state index >= 15 is 0 Å². The Bertz CT molecular complexity index is 956. The fraction of sp³-hybridized carbons (Fsp3) is 0.520. The Morgan fingerprint density at radius 2 is 1.87 bits per heavy atom. The van der Waals surface area contributed by atoms with Crippen LogP contribution < -0.4 is 15.7 Å². The van der Waals surface area contributed by atoms with E-state index in [1.165, 1.54) is 11.6 Å². The van der Waals surface area contributed by atoms with Crippen molar-refractivity contribution in [3.8, 4) is 5.75 Å². The molecule has 0 unspecified atom stereocenters. The van der Waals surface area contributed by atoms with E-state index in [-0.39, 0.29) is 11.5 Å². The van der Waals surface area contributed by atoms with Crippen molar-refractivity contribution in [1.29, 1.82) is 0 Å². The van der Waals surface area contributed by atoms with Gasteiger partial charge in [-0.25, -0.2) is 4.79 Å². The first-order valence-corrected chi connectivity index (χ1v) is 11.1. The van der Waals surface area contributed by atoms with Crippen LogP contribution in [0.2, 0.25) is 0 Å². The van der Waals surface area contributed by atoms with Gasteiger partial charge in [0.2, 0.25) is 0 Å². The molecule has 0 aliphatic heterocycles. The number of carbonyl (C=O) groups is 1. The number of unbranched alkanes of at least 4 members (excludes halogenated alkanes) is 2. The quantitative estimate of drug-likeness (QED) is 0.239. The molecule has 0 radical (unpaired) electrons. The highest BCUT2D eigenvalue weighted by Crippen LogP contribution is 2.28. The smallest absolute Gasteiger partial charge is 0.336 e. The topological polar surface area (TPSA) is 68.5 Å². The van der Waals surface area contributed by atoms with E-state index in [9.17, 15) is 9.59 Å². The van der Waals surface area contributed by atoms with Crippen LogP contribution in [-0.4, -0.2) is 50.7 Å². The summed E-state index contributed by atoms with van der Waals surface area (Å²) in [5.41, 5.74) is 2.37. The molecular weight excluding hydrogens is 392 g/mol. The number of carbonyl (C=O) groups excluding carboxylic acids is 1. The number of nitrogens with zero attached hydrogens (tertiary/aromatic N) is 1. The van der Waals surface area contributed by atoms with Gasteiger partial charge in [-0.2, -0.15) is 0 Å². The minimum absolute atomic E-state index is 0.0997. The van der Waals surface area contributed by atoms with Gasteiger partial charge in [-0.15, -0.1) is 0 Å². The molecule has 0 aliphatic rings. The van der Waals surface area contributed by atoms with Crippen molar-refractivity contribution in [2.45, 2.75) is 46.5 Å². The second-order valence-electron chi connectivity index (χ2n) is 8.88. The summed E-state index contributed by atoms with van der Waals surface area (Å²) in [4.78, 5) is 23.6. The lowest BCUT2D eigenvalue weighted by Gasteiger charge is -2.29. The minimum Gasteiger partial charge on any atom is -0.493 e. The summed E-state index contributed by atoms with van der Waals surface area (Å²) in [5.74, 6) is 0.870. The predicted octanol–water partition coefficient (Wildman–Crippen LogP) is 4.06. The molecule has 2 rings (SSSR count). The zero-order valence-electron chi connectivity index (χ0n) is 19.6. The van der Waals surface area contributed by atoms with Crippen molar-refractivity contribution < 1.29 is 18.4 Å². The predicted molar refractivity (Wildman–Crippen MR) is 125 cm³/mol. The number of allylic oxidation sites excluding steroid dienone is 2. The van der Waals surface area contributed by atoms with E-state index < -0.39 is 0 Å². The van der Waals surface area contributed by atoms with Crippen LogP contribution in [0.1, 0.15) is 45.6 Å². The second-order valence-corrected chi connectivity index (χ2v) is 8.88. The molecule has 6 heteroatoms.